The number of rotatable bonds is 9. The topological polar surface area (TPSA) is 67.4 Å². The molecule has 1 atom stereocenters. The summed E-state index contributed by atoms with van der Waals surface area (Å²) in [6.07, 6.45) is 1.71. The third-order valence-electron chi connectivity index (χ3n) is 4.32. The Balaban J connectivity index is 2.09. The molecular weight excluding hydrogens is 376 g/mol. The van der Waals surface area contributed by atoms with Gasteiger partial charge in [0.15, 0.2) is 6.10 Å². The summed E-state index contributed by atoms with van der Waals surface area (Å²) in [5.41, 5.74) is 1.78. The van der Waals surface area contributed by atoms with Crippen LogP contribution in [0.4, 0.5) is 5.69 Å². The summed E-state index contributed by atoms with van der Waals surface area (Å²) in [6, 6.07) is 12.2. The number of ether oxygens (including phenoxy) is 1. The van der Waals surface area contributed by atoms with Gasteiger partial charge in [-0.2, -0.15) is 0 Å². The Morgan fingerprint density at radius 3 is 2.57 bits per heavy atom. The summed E-state index contributed by atoms with van der Waals surface area (Å²) in [4.78, 5) is 25.2. The number of halogens is 1. The average Bonchev–Trinajstić information content (AvgIpc) is 2.69. The molecule has 0 fully saturated rings. The van der Waals surface area contributed by atoms with E-state index in [0.717, 1.165) is 18.4 Å². The fourth-order valence-electron chi connectivity index (χ4n) is 2.65. The number of hydrogen-bond acceptors (Lipinski definition) is 3. The molecule has 0 aromatic heterocycles. The maximum Gasteiger partial charge on any atom is 0.265 e. The minimum Gasteiger partial charge on any atom is -0.481 e. The minimum atomic E-state index is -0.684. The van der Waals surface area contributed by atoms with Gasteiger partial charge in [0.25, 0.3) is 11.8 Å². The minimum absolute atomic E-state index is 0.202. The molecule has 2 amide bonds. The van der Waals surface area contributed by atoms with Crippen LogP contribution in [0.25, 0.3) is 0 Å². The van der Waals surface area contributed by atoms with Gasteiger partial charge in [-0.05, 0) is 55.7 Å². The number of aryl methyl sites for hydroxylation is 1. The van der Waals surface area contributed by atoms with Crippen LogP contribution in [0.15, 0.2) is 42.5 Å². The lowest BCUT2D eigenvalue weighted by Crippen LogP contribution is -2.33. The number of para-hydroxylation sites is 1. The quantitative estimate of drug-likeness (QED) is 0.581. The molecule has 0 saturated heterocycles. The second kappa shape index (κ2) is 10.7. The van der Waals surface area contributed by atoms with Gasteiger partial charge in [-0.25, -0.2) is 0 Å². The molecule has 0 bridgehead atoms. The van der Waals surface area contributed by atoms with Gasteiger partial charge in [0, 0.05) is 11.6 Å². The van der Waals surface area contributed by atoms with Crippen molar-refractivity contribution in [3.05, 3.63) is 58.6 Å². The third kappa shape index (κ3) is 5.99. The summed E-state index contributed by atoms with van der Waals surface area (Å²) in [7, 11) is 0. The molecule has 0 radical (unpaired) electrons. The molecule has 2 rings (SSSR count). The van der Waals surface area contributed by atoms with Crippen LogP contribution >= 0.6 is 11.6 Å². The molecule has 0 aliphatic rings. The maximum absolute atomic E-state index is 12.7. The first-order valence-electron chi connectivity index (χ1n) is 9.57. The van der Waals surface area contributed by atoms with Gasteiger partial charge in [-0.3, -0.25) is 9.59 Å². The molecule has 0 saturated carbocycles. The van der Waals surface area contributed by atoms with Crippen LogP contribution in [0.2, 0.25) is 5.02 Å². The van der Waals surface area contributed by atoms with E-state index in [2.05, 4.69) is 17.6 Å². The Morgan fingerprint density at radius 2 is 1.89 bits per heavy atom. The Morgan fingerprint density at radius 1 is 1.14 bits per heavy atom. The highest BCUT2D eigenvalue weighted by atomic mass is 35.5. The molecule has 2 N–H and O–H groups in total. The lowest BCUT2D eigenvalue weighted by Gasteiger charge is -2.19. The van der Waals surface area contributed by atoms with Crippen LogP contribution in [-0.4, -0.2) is 24.5 Å². The highest BCUT2D eigenvalue weighted by Gasteiger charge is 2.21. The smallest absolute Gasteiger partial charge is 0.265 e. The van der Waals surface area contributed by atoms with Crippen LogP contribution in [-0.2, 0) is 4.79 Å². The second-order valence-electron chi connectivity index (χ2n) is 6.57. The number of unbranched alkanes of at least 4 members (excludes halogenated alkanes) is 1. The average molecular weight is 403 g/mol. The van der Waals surface area contributed by atoms with E-state index in [-0.39, 0.29) is 11.8 Å². The zero-order valence-electron chi connectivity index (χ0n) is 16.5. The van der Waals surface area contributed by atoms with Gasteiger partial charge in [0.1, 0.15) is 5.75 Å². The first-order chi connectivity index (χ1) is 13.5. The number of amides is 2. The van der Waals surface area contributed by atoms with Gasteiger partial charge in [-0.15, -0.1) is 0 Å². The number of nitrogens with one attached hydrogen (secondary N) is 2. The van der Waals surface area contributed by atoms with Crippen molar-refractivity contribution in [2.24, 2.45) is 0 Å². The molecule has 0 aliphatic carbocycles. The number of benzene rings is 2. The molecule has 28 heavy (non-hydrogen) atoms. The Kier molecular flexibility index (Phi) is 8.33. The number of anilines is 1. The van der Waals surface area contributed by atoms with E-state index in [9.17, 15) is 9.59 Å². The SMILES string of the molecule is CCCCNC(=O)c1ccccc1NC(=O)[C@H](CC)Oc1ccc(Cl)c(C)c1. The van der Waals surface area contributed by atoms with Crippen LogP contribution < -0.4 is 15.4 Å². The molecule has 0 heterocycles. The van der Waals surface area contributed by atoms with Gasteiger partial charge in [-0.1, -0.05) is 44.0 Å². The third-order valence-corrected chi connectivity index (χ3v) is 4.74. The standard InChI is InChI=1S/C22H27ClN2O3/c1-4-6-13-24-21(26)17-9-7-8-10-19(17)25-22(27)20(5-2)28-16-11-12-18(23)15(3)14-16/h7-12,14,20H,4-6,13H2,1-3H3,(H,24,26)(H,25,27)/t20-/m0/s1. The summed E-state index contributed by atoms with van der Waals surface area (Å²) in [6.45, 7) is 6.42. The molecule has 150 valence electrons. The van der Waals surface area contributed by atoms with Crippen molar-refractivity contribution in [2.75, 3.05) is 11.9 Å². The number of hydrogen-bond donors (Lipinski definition) is 2. The molecule has 2 aromatic carbocycles. The van der Waals surface area contributed by atoms with Crippen molar-refractivity contribution in [3.8, 4) is 5.75 Å². The van der Waals surface area contributed by atoms with E-state index >= 15 is 0 Å². The predicted octanol–water partition coefficient (Wildman–Crippen LogP) is 4.97. The fourth-order valence-corrected chi connectivity index (χ4v) is 2.77. The lowest BCUT2D eigenvalue weighted by atomic mass is 10.1. The maximum atomic E-state index is 12.7. The van der Waals surface area contributed by atoms with Gasteiger partial charge in [0.2, 0.25) is 0 Å². The Bertz CT molecular complexity index is 823. The van der Waals surface area contributed by atoms with Gasteiger partial charge >= 0.3 is 0 Å². The Labute approximate surface area is 171 Å². The zero-order chi connectivity index (χ0) is 20.5. The lowest BCUT2D eigenvalue weighted by molar-refractivity contribution is -0.122. The van der Waals surface area contributed by atoms with Crippen molar-refractivity contribution in [1.29, 1.82) is 0 Å². The number of carbonyl (C=O) groups is 2. The van der Waals surface area contributed by atoms with Crippen LogP contribution in [0.3, 0.4) is 0 Å². The van der Waals surface area contributed by atoms with Crippen molar-refractivity contribution < 1.29 is 14.3 Å². The van der Waals surface area contributed by atoms with Gasteiger partial charge < -0.3 is 15.4 Å². The van der Waals surface area contributed by atoms with Crippen molar-refractivity contribution in [2.45, 2.75) is 46.1 Å². The molecule has 2 aromatic rings. The van der Waals surface area contributed by atoms with E-state index in [1.54, 1.807) is 42.5 Å². The first kappa shape index (κ1) is 21.8. The molecular formula is C22H27ClN2O3. The van der Waals surface area contributed by atoms with E-state index in [1.807, 2.05) is 13.8 Å². The van der Waals surface area contributed by atoms with E-state index in [0.29, 0.717) is 35.0 Å². The van der Waals surface area contributed by atoms with Gasteiger partial charge in [0.05, 0.1) is 11.3 Å². The Hall–Kier alpha value is -2.53. The number of carbonyl (C=O) groups excluding carboxylic acids is 2. The van der Waals surface area contributed by atoms with Crippen LogP contribution in [0, 0.1) is 6.92 Å². The largest absolute Gasteiger partial charge is 0.481 e. The van der Waals surface area contributed by atoms with Crippen molar-refractivity contribution in [1.82, 2.24) is 5.32 Å². The van der Waals surface area contributed by atoms with E-state index in [4.69, 9.17) is 16.3 Å². The summed E-state index contributed by atoms with van der Waals surface area (Å²) >= 11 is 6.04. The molecule has 5 nitrogen and oxygen atoms in total. The zero-order valence-corrected chi connectivity index (χ0v) is 17.3. The molecule has 0 aliphatic heterocycles. The molecule has 0 spiro atoms. The van der Waals surface area contributed by atoms with Crippen molar-refractivity contribution in [3.63, 3.8) is 0 Å². The highest BCUT2D eigenvalue weighted by Crippen LogP contribution is 2.23. The summed E-state index contributed by atoms with van der Waals surface area (Å²) in [5.74, 6) is 0.0741. The van der Waals surface area contributed by atoms with Crippen LogP contribution in [0.5, 0.6) is 5.75 Å². The summed E-state index contributed by atoms with van der Waals surface area (Å²) < 4.78 is 5.84. The van der Waals surface area contributed by atoms with Crippen molar-refractivity contribution >= 4 is 29.1 Å². The second-order valence-corrected chi connectivity index (χ2v) is 6.98. The van der Waals surface area contributed by atoms with E-state index < -0.39 is 6.10 Å². The summed E-state index contributed by atoms with van der Waals surface area (Å²) in [5, 5.41) is 6.35. The molecule has 6 heteroatoms. The highest BCUT2D eigenvalue weighted by molar-refractivity contribution is 6.31. The normalized spacial score (nSPS) is 11.6. The monoisotopic (exact) mass is 402 g/mol. The van der Waals surface area contributed by atoms with E-state index in [1.165, 1.54) is 0 Å². The van der Waals surface area contributed by atoms with Crippen LogP contribution in [0.1, 0.15) is 49.0 Å². The molecule has 0 unspecified atom stereocenters. The fraction of sp³-hybridized carbons (Fsp3) is 0.364. The predicted molar refractivity (Wildman–Crippen MR) is 113 cm³/mol. The first-order valence-corrected chi connectivity index (χ1v) is 9.95.